The van der Waals surface area contributed by atoms with E-state index in [1.165, 1.54) is 0 Å². The summed E-state index contributed by atoms with van der Waals surface area (Å²) in [5, 5.41) is 9.93. The number of rotatable bonds is 6. The van der Waals surface area contributed by atoms with Crippen LogP contribution in [0.3, 0.4) is 0 Å². The van der Waals surface area contributed by atoms with Gasteiger partial charge in [0.25, 0.3) is 5.91 Å². The number of carbonyl (C=O) groups is 2. The number of benzene rings is 1. The number of carbonyl (C=O) groups excluding carboxylic acids is 2. The monoisotopic (exact) mass is 365 g/mol. The molecule has 1 aliphatic rings. The quantitative estimate of drug-likeness (QED) is 0.726. The second-order valence-corrected chi connectivity index (χ2v) is 7.60. The standard InChI is InChI=1S/C19H28ClN3O2/c1-12(2)11-17(19(25)22-16-5-4-10-21-13(16)3)23-18(24)14-6-8-15(20)9-7-14/h6-9,12-13,16-17,21H,4-5,10-11H2,1-3H3,(H,22,25)(H,23,24). The van der Waals surface area contributed by atoms with Crippen molar-refractivity contribution in [2.75, 3.05) is 6.54 Å². The van der Waals surface area contributed by atoms with Gasteiger partial charge in [-0.05, 0) is 62.9 Å². The number of halogens is 1. The number of hydrogen-bond donors (Lipinski definition) is 3. The zero-order valence-electron chi connectivity index (χ0n) is 15.1. The van der Waals surface area contributed by atoms with Crippen LogP contribution in [0.15, 0.2) is 24.3 Å². The first kappa shape index (κ1) is 19.7. The molecule has 0 spiro atoms. The molecule has 0 radical (unpaired) electrons. The van der Waals surface area contributed by atoms with Crippen molar-refractivity contribution in [3.05, 3.63) is 34.9 Å². The van der Waals surface area contributed by atoms with Gasteiger partial charge in [0.15, 0.2) is 0 Å². The molecule has 3 unspecified atom stereocenters. The molecule has 1 aromatic rings. The Kier molecular flexibility index (Phi) is 7.26. The summed E-state index contributed by atoms with van der Waals surface area (Å²) >= 11 is 5.86. The molecule has 6 heteroatoms. The van der Waals surface area contributed by atoms with Crippen molar-refractivity contribution in [1.29, 1.82) is 0 Å². The summed E-state index contributed by atoms with van der Waals surface area (Å²) in [6, 6.07) is 6.46. The van der Waals surface area contributed by atoms with Gasteiger partial charge in [-0.15, -0.1) is 0 Å². The smallest absolute Gasteiger partial charge is 0.251 e. The summed E-state index contributed by atoms with van der Waals surface area (Å²) in [6.45, 7) is 7.14. The van der Waals surface area contributed by atoms with E-state index >= 15 is 0 Å². The van der Waals surface area contributed by atoms with Crippen molar-refractivity contribution >= 4 is 23.4 Å². The molecule has 0 aliphatic carbocycles. The summed E-state index contributed by atoms with van der Waals surface area (Å²) in [6.07, 6.45) is 2.60. The van der Waals surface area contributed by atoms with Gasteiger partial charge >= 0.3 is 0 Å². The Bertz CT molecular complexity index is 589. The van der Waals surface area contributed by atoms with Gasteiger partial charge in [0.1, 0.15) is 6.04 Å². The maximum absolute atomic E-state index is 12.7. The Balaban J connectivity index is 2.02. The maximum atomic E-state index is 12.7. The largest absolute Gasteiger partial charge is 0.350 e. The first-order valence-corrected chi connectivity index (χ1v) is 9.34. The molecular weight excluding hydrogens is 338 g/mol. The Morgan fingerprint density at radius 1 is 1.28 bits per heavy atom. The zero-order valence-corrected chi connectivity index (χ0v) is 15.9. The highest BCUT2D eigenvalue weighted by Gasteiger charge is 2.28. The molecule has 3 N–H and O–H groups in total. The third-order valence-electron chi connectivity index (χ3n) is 4.52. The lowest BCUT2D eigenvalue weighted by Crippen LogP contribution is -2.56. The number of amides is 2. The van der Waals surface area contributed by atoms with E-state index in [0.29, 0.717) is 22.9 Å². The molecule has 2 rings (SSSR count). The topological polar surface area (TPSA) is 70.2 Å². The minimum Gasteiger partial charge on any atom is -0.350 e. The first-order chi connectivity index (χ1) is 11.9. The molecule has 0 bridgehead atoms. The van der Waals surface area contributed by atoms with Crippen molar-refractivity contribution in [3.63, 3.8) is 0 Å². The van der Waals surface area contributed by atoms with Gasteiger partial charge in [0.05, 0.1) is 0 Å². The van der Waals surface area contributed by atoms with E-state index in [2.05, 4.69) is 22.9 Å². The van der Waals surface area contributed by atoms with Crippen molar-refractivity contribution < 1.29 is 9.59 Å². The highest BCUT2D eigenvalue weighted by atomic mass is 35.5. The van der Waals surface area contributed by atoms with E-state index in [4.69, 9.17) is 11.6 Å². The second-order valence-electron chi connectivity index (χ2n) is 7.16. The van der Waals surface area contributed by atoms with Gasteiger partial charge in [-0.2, -0.15) is 0 Å². The molecule has 138 valence electrons. The Morgan fingerprint density at radius 3 is 2.56 bits per heavy atom. The average molecular weight is 366 g/mol. The summed E-state index contributed by atoms with van der Waals surface area (Å²) in [5.74, 6) is -0.0768. The van der Waals surface area contributed by atoms with Gasteiger partial charge in [0, 0.05) is 22.7 Å². The van der Waals surface area contributed by atoms with E-state index in [1.807, 2.05) is 13.8 Å². The molecule has 1 saturated heterocycles. The summed E-state index contributed by atoms with van der Waals surface area (Å²) < 4.78 is 0. The fourth-order valence-corrected chi connectivity index (χ4v) is 3.20. The van der Waals surface area contributed by atoms with Crippen LogP contribution in [0.25, 0.3) is 0 Å². The molecule has 1 aliphatic heterocycles. The van der Waals surface area contributed by atoms with Crippen LogP contribution in [0.2, 0.25) is 5.02 Å². The molecule has 0 saturated carbocycles. The van der Waals surface area contributed by atoms with E-state index < -0.39 is 6.04 Å². The van der Waals surface area contributed by atoms with Crippen LogP contribution in [0.4, 0.5) is 0 Å². The predicted octanol–water partition coefficient (Wildman–Crippen LogP) is 2.74. The van der Waals surface area contributed by atoms with Gasteiger partial charge in [0.2, 0.25) is 5.91 Å². The van der Waals surface area contributed by atoms with Crippen LogP contribution < -0.4 is 16.0 Å². The van der Waals surface area contributed by atoms with Crippen molar-refractivity contribution in [2.45, 2.75) is 58.2 Å². The number of piperidine rings is 1. The highest BCUT2D eigenvalue weighted by molar-refractivity contribution is 6.30. The summed E-state index contributed by atoms with van der Waals surface area (Å²) in [4.78, 5) is 25.2. The van der Waals surface area contributed by atoms with Crippen LogP contribution in [-0.2, 0) is 4.79 Å². The molecule has 1 fully saturated rings. The SMILES string of the molecule is CC(C)CC(NC(=O)c1ccc(Cl)cc1)C(=O)NC1CCCNC1C. The second kappa shape index (κ2) is 9.20. The van der Waals surface area contributed by atoms with Gasteiger partial charge < -0.3 is 16.0 Å². The van der Waals surface area contributed by atoms with E-state index in [-0.39, 0.29) is 23.9 Å². The number of hydrogen-bond acceptors (Lipinski definition) is 3. The Labute approximate surface area is 154 Å². The van der Waals surface area contributed by atoms with Crippen LogP contribution in [-0.4, -0.2) is 36.5 Å². The van der Waals surface area contributed by atoms with Gasteiger partial charge in [-0.25, -0.2) is 0 Å². The minimum absolute atomic E-state index is 0.100. The maximum Gasteiger partial charge on any atom is 0.251 e. The fourth-order valence-electron chi connectivity index (χ4n) is 3.07. The third-order valence-corrected chi connectivity index (χ3v) is 4.78. The van der Waals surface area contributed by atoms with Crippen LogP contribution in [0.1, 0.15) is 50.4 Å². The molecule has 0 aromatic heterocycles. The van der Waals surface area contributed by atoms with Crippen molar-refractivity contribution in [1.82, 2.24) is 16.0 Å². The highest BCUT2D eigenvalue weighted by Crippen LogP contribution is 2.13. The molecule has 1 aromatic carbocycles. The molecule has 1 heterocycles. The minimum atomic E-state index is -0.544. The molecule has 25 heavy (non-hydrogen) atoms. The van der Waals surface area contributed by atoms with E-state index in [1.54, 1.807) is 24.3 Å². The molecule has 5 nitrogen and oxygen atoms in total. The fraction of sp³-hybridized carbons (Fsp3) is 0.579. The summed E-state index contributed by atoms with van der Waals surface area (Å²) in [7, 11) is 0. The lowest BCUT2D eigenvalue weighted by Gasteiger charge is -2.32. The molecule has 3 atom stereocenters. The van der Waals surface area contributed by atoms with Crippen LogP contribution in [0.5, 0.6) is 0 Å². The van der Waals surface area contributed by atoms with Crippen molar-refractivity contribution in [2.24, 2.45) is 5.92 Å². The van der Waals surface area contributed by atoms with Crippen molar-refractivity contribution in [3.8, 4) is 0 Å². The van der Waals surface area contributed by atoms with Gasteiger partial charge in [-0.3, -0.25) is 9.59 Å². The molecular formula is C19H28ClN3O2. The van der Waals surface area contributed by atoms with E-state index in [9.17, 15) is 9.59 Å². The number of nitrogens with one attached hydrogen (secondary N) is 3. The molecule has 2 amide bonds. The lowest BCUT2D eigenvalue weighted by molar-refractivity contribution is -0.124. The van der Waals surface area contributed by atoms with Gasteiger partial charge in [-0.1, -0.05) is 25.4 Å². The Hall–Kier alpha value is -1.59. The predicted molar refractivity (Wildman–Crippen MR) is 101 cm³/mol. The summed E-state index contributed by atoms with van der Waals surface area (Å²) in [5.41, 5.74) is 0.499. The first-order valence-electron chi connectivity index (χ1n) is 8.97. The Morgan fingerprint density at radius 2 is 1.96 bits per heavy atom. The van der Waals surface area contributed by atoms with Crippen LogP contribution >= 0.6 is 11.6 Å². The zero-order chi connectivity index (χ0) is 18.4. The normalized spacial score (nSPS) is 21.6. The third kappa shape index (κ3) is 6.01. The van der Waals surface area contributed by atoms with E-state index in [0.717, 1.165) is 19.4 Å². The van der Waals surface area contributed by atoms with Crippen LogP contribution in [0, 0.1) is 5.92 Å². The average Bonchev–Trinajstić information content (AvgIpc) is 2.56. The lowest BCUT2D eigenvalue weighted by atomic mass is 9.98.